The first-order valence-electron chi connectivity index (χ1n) is 15.7. The number of carbonyl (C=O) groups excluding carboxylic acids is 2. The van der Waals surface area contributed by atoms with E-state index in [0.29, 0.717) is 12.3 Å². The number of anilines is 1. The molecule has 0 aliphatic carbocycles. The van der Waals surface area contributed by atoms with E-state index in [4.69, 9.17) is 9.47 Å². The van der Waals surface area contributed by atoms with Crippen LogP contribution in [0.3, 0.4) is 0 Å². The minimum Gasteiger partial charge on any atom is -0.497 e. The predicted molar refractivity (Wildman–Crippen MR) is 192 cm³/mol. The first-order valence-corrected chi connectivity index (χ1v) is 18.0. The SMILES string of the molecule is CCCCNC(=O)C(Cc1ccccc1)N(Cc1ccc(Br)cc1)C(=O)CN(c1cc(OC)ccc1OC)S(=O)(=O)c1ccc(C)cc1. The normalized spacial score (nSPS) is 11.8. The van der Waals surface area contributed by atoms with Crippen molar-refractivity contribution in [2.75, 3.05) is 31.6 Å². The fraction of sp³-hybridized carbons (Fsp3) is 0.297. The number of halogens is 1. The molecule has 0 heterocycles. The van der Waals surface area contributed by atoms with Crippen molar-refractivity contribution in [1.29, 1.82) is 0 Å². The lowest BCUT2D eigenvalue weighted by Crippen LogP contribution is -2.53. The zero-order valence-electron chi connectivity index (χ0n) is 27.7. The van der Waals surface area contributed by atoms with E-state index in [1.165, 1.54) is 37.3 Å². The number of hydrogen-bond donors (Lipinski definition) is 1. The zero-order valence-corrected chi connectivity index (χ0v) is 30.1. The van der Waals surface area contributed by atoms with Crippen LogP contribution in [0.15, 0.2) is 106 Å². The van der Waals surface area contributed by atoms with E-state index in [-0.39, 0.29) is 35.2 Å². The second-order valence-corrected chi connectivity index (χ2v) is 14.1. The molecule has 11 heteroatoms. The van der Waals surface area contributed by atoms with E-state index >= 15 is 0 Å². The third-order valence-electron chi connectivity index (χ3n) is 7.91. The largest absolute Gasteiger partial charge is 0.497 e. The molecule has 4 rings (SSSR count). The van der Waals surface area contributed by atoms with Gasteiger partial charge in [0.25, 0.3) is 10.0 Å². The van der Waals surface area contributed by atoms with Crippen molar-refractivity contribution in [2.45, 2.75) is 50.6 Å². The average Bonchev–Trinajstić information content (AvgIpc) is 3.09. The number of unbranched alkanes of at least 4 members (excludes halogenated alkanes) is 1. The molecule has 1 atom stereocenters. The van der Waals surface area contributed by atoms with Crippen LogP contribution < -0.4 is 19.1 Å². The Labute approximate surface area is 292 Å². The number of amides is 2. The number of nitrogens with one attached hydrogen (secondary N) is 1. The molecule has 0 aliphatic rings. The van der Waals surface area contributed by atoms with Crippen LogP contribution in [0.4, 0.5) is 5.69 Å². The van der Waals surface area contributed by atoms with Crippen molar-refractivity contribution in [3.05, 3.63) is 118 Å². The number of sulfonamides is 1. The van der Waals surface area contributed by atoms with Gasteiger partial charge in [-0.2, -0.15) is 0 Å². The van der Waals surface area contributed by atoms with Gasteiger partial charge in [0.05, 0.1) is 24.8 Å². The third-order valence-corrected chi connectivity index (χ3v) is 10.2. The average molecular weight is 737 g/mol. The number of nitrogens with zero attached hydrogens (tertiary/aromatic N) is 2. The Hall–Kier alpha value is -4.35. The van der Waals surface area contributed by atoms with E-state index in [1.807, 2.05) is 68.4 Å². The Morgan fingerprint density at radius 2 is 1.56 bits per heavy atom. The van der Waals surface area contributed by atoms with Crippen LogP contribution in [0.25, 0.3) is 0 Å². The van der Waals surface area contributed by atoms with Gasteiger partial charge in [-0.05, 0) is 60.9 Å². The van der Waals surface area contributed by atoms with Crippen LogP contribution in [-0.4, -0.2) is 58.5 Å². The Kier molecular flexibility index (Phi) is 13.0. The molecule has 0 aromatic heterocycles. The highest BCUT2D eigenvalue weighted by Gasteiger charge is 2.35. The van der Waals surface area contributed by atoms with Gasteiger partial charge in [-0.25, -0.2) is 8.42 Å². The molecule has 0 bridgehead atoms. The van der Waals surface area contributed by atoms with Crippen LogP contribution in [0.5, 0.6) is 11.5 Å². The number of aryl methyl sites for hydroxylation is 1. The molecule has 1 N–H and O–H groups in total. The Morgan fingerprint density at radius 1 is 0.875 bits per heavy atom. The van der Waals surface area contributed by atoms with Gasteiger partial charge in [-0.1, -0.05) is 89.4 Å². The highest BCUT2D eigenvalue weighted by molar-refractivity contribution is 9.10. The van der Waals surface area contributed by atoms with Gasteiger partial charge < -0.3 is 19.7 Å². The highest BCUT2D eigenvalue weighted by atomic mass is 79.9. The van der Waals surface area contributed by atoms with E-state index < -0.39 is 28.5 Å². The van der Waals surface area contributed by atoms with Crippen molar-refractivity contribution in [3.63, 3.8) is 0 Å². The summed E-state index contributed by atoms with van der Waals surface area (Å²) < 4.78 is 41.7. The molecule has 2 amide bonds. The summed E-state index contributed by atoms with van der Waals surface area (Å²) in [5.41, 5.74) is 2.65. The summed E-state index contributed by atoms with van der Waals surface area (Å²) >= 11 is 3.46. The third kappa shape index (κ3) is 9.38. The molecule has 0 fully saturated rings. The van der Waals surface area contributed by atoms with Crippen molar-refractivity contribution >= 4 is 43.5 Å². The summed E-state index contributed by atoms with van der Waals surface area (Å²) in [6.07, 6.45) is 1.90. The fourth-order valence-corrected chi connectivity index (χ4v) is 6.87. The maximum atomic E-state index is 14.7. The minimum absolute atomic E-state index is 0.00313. The summed E-state index contributed by atoms with van der Waals surface area (Å²) in [4.78, 5) is 30.1. The van der Waals surface area contributed by atoms with E-state index in [0.717, 1.165) is 38.3 Å². The summed E-state index contributed by atoms with van der Waals surface area (Å²) in [7, 11) is -1.41. The zero-order chi connectivity index (χ0) is 34.7. The van der Waals surface area contributed by atoms with Crippen LogP contribution in [0, 0.1) is 6.92 Å². The second kappa shape index (κ2) is 17.2. The number of carbonyl (C=O) groups is 2. The minimum atomic E-state index is -4.31. The molecule has 9 nitrogen and oxygen atoms in total. The van der Waals surface area contributed by atoms with E-state index in [2.05, 4.69) is 21.2 Å². The molecule has 0 spiro atoms. The lowest BCUT2D eigenvalue weighted by Gasteiger charge is -2.34. The van der Waals surface area contributed by atoms with Gasteiger partial charge in [0, 0.05) is 30.0 Å². The van der Waals surface area contributed by atoms with Gasteiger partial charge in [-0.15, -0.1) is 0 Å². The molecule has 4 aromatic rings. The topological polar surface area (TPSA) is 105 Å². The molecular weight excluding hydrogens is 694 g/mol. The van der Waals surface area contributed by atoms with Gasteiger partial charge >= 0.3 is 0 Å². The maximum Gasteiger partial charge on any atom is 0.264 e. The number of benzene rings is 4. The summed E-state index contributed by atoms with van der Waals surface area (Å²) in [6.45, 7) is 3.81. The molecule has 1 unspecified atom stereocenters. The maximum absolute atomic E-state index is 14.7. The molecule has 48 heavy (non-hydrogen) atoms. The molecule has 4 aromatic carbocycles. The van der Waals surface area contributed by atoms with Gasteiger partial charge in [0.15, 0.2) is 0 Å². The first kappa shape index (κ1) is 36.5. The van der Waals surface area contributed by atoms with Gasteiger partial charge in [0.2, 0.25) is 11.8 Å². The van der Waals surface area contributed by atoms with Gasteiger partial charge in [0.1, 0.15) is 24.1 Å². The van der Waals surface area contributed by atoms with Crippen LogP contribution in [0.2, 0.25) is 0 Å². The second-order valence-electron chi connectivity index (χ2n) is 11.4. The fourth-order valence-electron chi connectivity index (χ4n) is 5.19. The number of methoxy groups -OCH3 is 2. The summed E-state index contributed by atoms with van der Waals surface area (Å²) in [5, 5.41) is 3.01. The lowest BCUT2D eigenvalue weighted by atomic mass is 10.0. The van der Waals surface area contributed by atoms with Crippen LogP contribution in [-0.2, 0) is 32.6 Å². The standard InChI is InChI=1S/C37H42BrN3O6S/c1-5-6-22-39-37(43)34(23-28-10-8-7-9-11-28)40(25-29-14-16-30(38)17-15-29)36(42)26-41(33-24-31(46-3)18-21-35(33)47-4)48(44,45)32-19-12-27(2)13-20-32/h7-21,24,34H,5-6,22-23,25-26H2,1-4H3,(H,39,43). The number of hydrogen-bond acceptors (Lipinski definition) is 6. The molecule has 0 saturated heterocycles. The molecule has 0 radical (unpaired) electrons. The summed E-state index contributed by atoms with van der Waals surface area (Å²) in [5.74, 6) is -0.266. The monoisotopic (exact) mass is 735 g/mol. The lowest BCUT2D eigenvalue weighted by molar-refractivity contribution is -0.140. The van der Waals surface area contributed by atoms with Crippen molar-refractivity contribution in [1.82, 2.24) is 10.2 Å². The van der Waals surface area contributed by atoms with E-state index in [1.54, 1.807) is 24.3 Å². The van der Waals surface area contributed by atoms with Crippen molar-refractivity contribution in [3.8, 4) is 11.5 Å². The van der Waals surface area contributed by atoms with E-state index in [9.17, 15) is 18.0 Å². The van der Waals surface area contributed by atoms with Crippen LogP contribution >= 0.6 is 15.9 Å². The number of ether oxygens (including phenoxy) is 2. The molecule has 0 aliphatic heterocycles. The Morgan fingerprint density at radius 3 is 2.19 bits per heavy atom. The van der Waals surface area contributed by atoms with Crippen molar-refractivity contribution in [2.24, 2.45) is 0 Å². The molecular formula is C37H42BrN3O6S. The molecule has 254 valence electrons. The summed E-state index contributed by atoms with van der Waals surface area (Å²) in [6, 6.07) is 27.2. The predicted octanol–water partition coefficient (Wildman–Crippen LogP) is 6.53. The van der Waals surface area contributed by atoms with Gasteiger partial charge in [-0.3, -0.25) is 13.9 Å². The number of rotatable bonds is 16. The highest BCUT2D eigenvalue weighted by Crippen LogP contribution is 2.36. The smallest absolute Gasteiger partial charge is 0.264 e. The quantitative estimate of drug-likeness (QED) is 0.131. The Bertz CT molecular complexity index is 1770. The molecule has 0 saturated carbocycles. The first-order chi connectivity index (χ1) is 23.1. The van der Waals surface area contributed by atoms with Crippen molar-refractivity contribution < 1.29 is 27.5 Å². The Balaban J connectivity index is 1.85. The van der Waals surface area contributed by atoms with Crippen LogP contribution in [0.1, 0.15) is 36.5 Å².